The van der Waals surface area contributed by atoms with Gasteiger partial charge in [0.05, 0.1) is 41.6 Å². The Kier molecular flexibility index (Phi) is 9.16. The fraction of sp³-hybridized carbons (Fsp3) is 0.258. The molecule has 0 saturated carbocycles. The van der Waals surface area contributed by atoms with Crippen LogP contribution in [0.3, 0.4) is 0 Å². The van der Waals surface area contributed by atoms with Crippen LogP contribution in [0.5, 0.6) is 11.5 Å². The molecule has 3 heterocycles. The minimum Gasteiger partial charge on any atom is -0.497 e. The standard InChI is InChI=1S/C31H28BrN3O8S/c1-5-7-23-27(30(37)42-6-2)28(21-15-18(40-3)9-12-24(21)41-4)34-29(36)26(44-31(34)33-23)16-19-10-13-25(43-19)20-11-8-17(35(38)39)14-22(20)32/h8-16,28H,5-7H2,1-4H3/b26-16-/t28-/m1/s1. The molecule has 2 aromatic heterocycles. The highest BCUT2D eigenvalue weighted by Crippen LogP contribution is 2.39. The van der Waals surface area contributed by atoms with E-state index < -0.39 is 16.9 Å². The van der Waals surface area contributed by atoms with Crippen molar-refractivity contribution in [1.29, 1.82) is 0 Å². The molecule has 1 aliphatic heterocycles. The van der Waals surface area contributed by atoms with Crippen molar-refractivity contribution in [2.24, 2.45) is 4.99 Å². The number of hydrogen-bond donors (Lipinski definition) is 0. The molecule has 0 aliphatic carbocycles. The van der Waals surface area contributed by atoms with Gasteiger partial charge in [0, 0.05) is 33.8 Å². The SMILES string of the molecule is CCCC1=C(C(=O)OCC)[C@@H](c2cc(OC)ccc2OC)n2c(s/c(=C\c3ccc(-c4ccc([N+](=O)[O-])cc4Br)o3)c2=O)=N1. The molecule has 44 heavy (non-hydrogen) atoms. The lowest BCUT2D eigenvalue weighted by atomic mass is 9.93. The lowest BCUT2D eigenvalue weighted by molar-refractivity contribution is -0.384. The highest BCUT2D eigenvalue weighted by Gasteiger charge is 2.36. The van der Waals surface area contributed by atoms with Gasteiger partial charge in [0.15, 0.2) is 4.80 Å². The summed E-state index contributed by atoms with van der Waals surface area (Å²) in [4.78, 5) is 43.4. The molecule has 1 aliphatic rings. The van der Waals surface area contributed by atoms with E-state index in [1.54, 1.807) is 49.4 Å². The monoisotopic (exact) mass is 681 g/mol. The zero-order valence-corrected chi connectivity index (χ0v) is 26.7. The van der Waals surface area contributed by atoms with E-state index in [0.717, 1.165) is 0 Å². The van der Waals surface area contributed by atoms with Gasteiger partial charge >= 0.3 is 5.97 Å². The Hall–Kier alpha value is -4.49. The molecular weight excluding hydrogens is 654 g/mol. The number of carbonyl (C=O) groups excluding carboxylic acids is 1. The number of ether oxygens (including phenoxy) is 3. The van der Waals surface area contributed by atoms with Gasteiger partial charge in [-0.25, -0.2) is 9.79 Å². The average Bonchev–Trinajstić information content (AvgIpc) is 3.60. The summed E-state index contributed by atoms with van der Waals surface area (Å²) in [6.07, 6.45) is 2.82. The first-order valence-corrected chi connectivity index (χ1v) is 15.3. The van der Waals surface area contributed by atoms with Crippen LogP contribution in [0, 0.1) is 10.1 Å². The Bertz CT molecular complexity index is 1970. The molecule has 0 saturated heterocycles. The van der Waals surface area contributed by atoms with E-state index in [-0.39, 0.29) is 23.4 Å². The van der Waals surface area contributed by atoms with E-state index in [9.17, 15) is 19.7 Å². The van der Waals surface area contributed by atoms with E-state index in [2.05, 4.69) is 15.9 Å². The number of nitrogens with zero attached hydrogens (tertiary/aromatic N) is 3. The minimum absolute atomic E-state index is 0.0552. The van der Waals surface area contributed by atoms with Crippen molar-refractivity contribution < 1.29 is 28.3 Å². The Labute approximate surface area is 264 Å². The van der Waals surface area contributed by atoms with Crippen LogP contribution >= 0.6 is 27.3 Å². The number of hydrogen-bond acceptors (Lipinski definition) is 10. The predicted octanol–water partition coefficient (Wildman–Crippen LogP) is 5.53. The van der Waals surface area contributed by atoms with Gasteiger partial charge < -0.3 is 18.6 Å². The summed E-state index contributed by atoms with van der Waals surface area (Å²) < 4.78 is 25.0. The van der Waals surface area contributed by atoms with E-state index in [4.69, 9.17) is 23.6 Å². The highest BCUT2D eigenvalue weighted by molar-refractivity contribution is 9.10. The number of aromatic nitrogens is 1. The zero-order valence-electron chi connectivity index (χ0n) is 24.3. The number of furan rings is 1. The van der Waals surface area contributed by atoms with Gasteiger partial charge in [-0.15, -0.1) is 0 Å². The fourth-order valence-electron chi connectivity index (χ4n) is 4.99. The number of nitro groups is 1. The molecule has 2 aromatic carbocycles. The number of halogens is 1. The molecule has 0 radical (unpaired) electrons. The second-order valence-electron chi connectivity index (χ2n) is 9.64. The number of esters is 1. The lowest BCUT2D eigenvalue weighted by Gasteiger charge is -2.27. The number of carbonyl (C=O) groups is 1. The molecular formula is C31H28BrN3O8S. The maximum atomic E-state index is 14.1. The van der Waals surface area contributed by atoms with Crippen LogP contribution in [0.1, 0.15) is 44.1 Å². The first-order chi connectivity index (χ1) is 21.2. The normalized spacial score (nSPS) is 14.7. The van der Waals surface area contributed by atoms with Crippen LogP contribution in [-0.2, 0) is 9.53 Å². The van der Waals surface area contributed by atoms with Crippen LogP contribution < -0.4 is 24.4 Å². The van der Waals surface area contributed by atoms with E-state index in [0.29, 0.717) is 66.5 Å². The van der Waals surface area contributed by atoms with Crippen molar-refractivity contribution in [2.75, 3.05) is 20.8 Å². The summed E-state index contributed by atoms with van der Waals surface area (Å²) >= 11 is 4.55. The van der Waals surface area contributed by atoms with E-state index in [1.807, 2.05) is 6.92 Å². The smallest absolute Gasteiger partial charge is 0.338 e. The molecule has 0 bridgehead atoms. The number of rotatable bonds is 10. The number of allylic oxidation sites excluding steroid dienone is 1. The van der Waals surface area contributed by atoms with Gasteiger partial charge in [-0.1, -0.05) is 24.7 Å². The molecule has 0 N–H and O–H groups in total. The summed E-state index contributed by atoms with van der Waals surface area (Å²) in [6.45, 7) is 3.86. The van der Waals surface area contributed by atoms with Gasteiger partial charge in [-0.3, -0.25) is 19.5 Å². The van der Waals surface area contributed by atoms with Crippen molar-refractivity contribution in [3.05, 3.63) is 105 Å². The topological polar surface area (TPSA) is 135 Å². The summed E-state index contributed by atoms with van der Waals surface area (Å²) in [6, 6.07) is 12.1. The summed E-state index contributed by atoms with van der Waals surface area (Å²) in [5.74, 6) is 1.28. The second-order valence-corrected chi connectivity index (χ2v) is 11.5. The van der Waals surface area contributed by atoms with Crippen molar-refractivity contribution in [2.45, 2.75) is 32.7 Å². The van der Waals surface area contributed by atoms with Gasteiger partial charge in [0.25, 0.3) is 11.2 Å². The molecule has 0 amide bonds. The molecule has 5 rings (SSSR count). The third-order valence-electron chi connectivity index (χ3n) is 6.95. The number of benzene rings is 2. The summed E-state index contributed by atoms with van der Waals surface area (Å²) in [7, 11) is 3.06. The summed E-state index contributed by atoms with van der Waals surface area (Å²) in [5, 5.41) is 11.1. The summed E-state index contributed by atoms with van der Waals surface area (Å²) in [5.41, 5.74) is 1.54. The molecule has 0 spiro atoms. The van der Waals surface area contributed by atoms with Crippen LogP contribution in [0.4, 0.5) is 5.69 Å². The van der Waals surface area contributed by atoms with Crippen LogP contribution in [-0.4, -0.2) is 36.3 Å². The first-order valence-electron chi connectivity index (χ1n) is 13.7. The van der Waals surface area contributed by atoms with Crippen molar-refractivity contribution in [1.82, 2.24) is 4.57 Å². The second kappa shape index (κ2) is 13.0. The van der Waals surface area contributed by atoms with Gasteiger partial charge in [-0.05, 0) is 65.7 Å². The minimum atomic E-state index is -0.887. The van der Waals surface area contributed by atoms with Crippen molar-refractivity contribution in [3.8, 4) is 22.8 Å². The van der Waals surface area contributed by atoms with Crippen LogP contribution in [0.15, 0.2) is 78.5 Å². The molecule has 13 heteroatoms. The third-order valence-corrected chi connectivity index (χ3v) is 8.59. The number of non-ortho nitro benzene ring substituents is 1. The molecule has 0 unspecified atom stereocenters. The molecule has 4 aromatic rings. The maximum absolute atomic E-state index is 14.1. The number of nitro benzene ring substituents is 1. The third kappa shape index (κ3) is 5.84. The number of methoxy groups -OCH3 is 2. The highest BCUT2D eigenvalue weighted by atomic mass is 79.9. The van der Waals surface area contributed by atoms with E-state index in [1.165, 1.54) is 42.3 Å². The lowest BCUT2D eigenvalue weighted by Crippen LogP contribution is -2.40. The maximum Gasteiger partial charge on any atom is 0.338 e. The van der Waals surface area contributed by atoms with Gasteiger partial charge in [0.2, 0.25) is 0 Å². The molecule has 11 nitrogen and oxygen atoms in total. The molecule has 0 fully saturated rings. The predicted molar refractivity (Wildman–Crippen MR) is 168 cm³/mol. The first kappa shape index (κ1) is 31.0. The van der Waals surface area contributed by atoms with E-state index >= 15 is 0 Å². The fourth-order valence-corrected chi connectivity index (χ4v) is 6.55. The Morgan fingerprint density at radius 3 is 2.61 bits per heavy atom. The van der Waals surface area contributed by atoms with Crippen molar-refractivity contribution >= 4 is 45.0 Å². The molecule has 228 valence electrons. The average molecular weight is 683 g/mol. The van der Waals surface area contributed by atoms with Gasteiger partial charge in [0.1, 0.15) is 29.1 Å². The number of thiazole rings is 1. The van der Waals surface area contributed by atoms with Crippen LogP contribution in [0.2, 0.25) is 0 Å². The Balaban J connectivity index is 1.69. The Morgan fingerprint density at radius 1 is 1.16 bits per heavy atom. The van der Waals surface area contributed by atoms with Gasteiger partial charge in [-0.2, -0.15) is 0 Å². The zero-order chi connectivity index (χ0) is 31.5. The quantitative estimate of drug-likeness (QED) is 0.121. The van der Waals surface area contributed by atoms with Crippen LogP contribution in [0.25, 0.3) is 17.4 Å². The molecule has 1 atom stereocenters. The number of fused-ring (bicyclic) bond motifs is 1. The van der Waals surface area contributed by atoms with Crippen molar-refractivity contribution in [3.63, 3.8) is 0 Å². The Morgan fingerprint density at radius 2 is 1.95 bits per heavy atom. The largest absolute Gasteiger partial charge is 0.497 e.